The Morgan fingerprint density at radius 3 is 2.50 bits per heavy atom. The van der Waals surface area contributed by atoms with Gasteiger partial charge in [0.05, 0.1) is 27.3 Å². The zero-order valence-corrected chi connectivity index (χ0v) is 15.3. The Hall–Kier alpha value is -2.78. The molecule has 3 rings (SSSR count). The van der Waals surface area contributed by atoms with Crippen LogP contribution in [0.15, 0.2) is 52.9 Å². The molecule has 1 unspecified atom stereocenters. The first kappa shape index (κ1) is 18.0. The van der Waals surface area contributed by atoms with E-state index in [-0.39, 0.29) is 15.0 Å². The van der Waals surface area contributed by atoms with E-state index in [0.717, 1.165) is 22.5 Å². The average molecular weight is 390 g/mol. The molecule has 0 saturated heterocycles. The topological polar surface area (TPSA) is 109 Å². The molecule has 134 valence electrons. The van der Waals surface area contributed by atoms with Crippen molar-refractivity contribution in [3.63, 3.8) is 0 Å². The zero-order valence-electron chi connectivity index (χ0n) is 13.7. The average Bonchev–Trinajstić information content (AvgIpc) is 3.08. The smallest absolute Gasteiger partial charge is 0.284 e. The van der Waals surface area contributed by atoms with E-state index in [1.54, 1.807) is 30.3 Å². The predicted molar refractivity (Wildman–Crippen MR) is 101 cm³/mol. The maximum Gasteiger partial charge on any atom is 0.284 e. The third-order valence-electron chi connectivity index (χ3n) is 3.54. The standard InChI is InChI=1S/C17H15FN4O2S2/c1-26(20,24)15-9-21-17(25-15)16(23)22-14-8-11(4-7-13(14)19)10-2-5-12(18)6-3-10/h2-9,20H,19H2,1H3,(H,22,23). The molecule has 0 bridgehead atoms. The third-order valence-corrected chi connectivity index (χ3v) is 6.41. The van der Waals surface area contributed by atoms with Crippen LogP contribution in [0.25, 0.3) is 11.1 Å². The van der Waals surface area contributed by atoms with Crippen LogP contribution in [0.2, 0.25) is 0 Å². The molecule has 0 aliphatic carbocycles. The van der Waals surface area contributed by atoms with Crippen LogP contribution in [0.3, 0.4) is 0 Å². The van der Waals surface area contributed by atoms with E-state index in [1.165, 1.54) is 24.6 Å². The Labute approximate surface area is 153 Å². The second-order valence-electron chi connectivity index (χ2n) is 5.59. The van der Waals surface area contributed by atoms with Crippen LogP contribution in [0.5, 0.6) is 0 Å². The van der Waals surface area contributed by atoms with Crippen LogP contribution in [0, 0.1) is 10.6 Å². The zero-order chi connectivity index (χ0) is 18.9. The number of nitrogens with two attached hydrogens (primary N) is 1. The van der Waals surface area contributed by atoms with Gasteiger partial charge in [-0.05, 0) is 35.4 Å². The molecule has 2 aromatic carbocycles. The number of nitrogens with zero attached hydrogens (tertiary/aromatic N) is 1. The number of nitrogen functional groups attached to an aromatic ring is 1. The predicted octanol–water partition coefficient (Wildman–Crippen LogP) is 3.82. The van der Waals surface area contributed by atoms with Gasteiger partial charge in [-0.2, -0.15) is 0 Å². The minimum absolute atomic E-state index is 0.0911. The molecule has 1 atom stereocenters. The minimum atomic E-state index is -2.92. The molecule has 3 aromatic rings. The number of hydrogen-bond donors (Lipinski definition) is 3. The minimum Gasteiger partial charge on any atom is -0.397 e. The quantitative estimate of drug-likeness (QED) is 0.588. The van der Waals surface area contributed by atoms with E-state index < -0.39 is 15.6 Å². The van der Waals surface area contributed by atoms with Crippen LogP contribution in [-0.4, -0.2) is 21.4 Å². The maximum absolute atomic E-state index is 13.1. The summed E-state index contributed by atoms with van der Waals surface area (Å²) in [6, 6.07) is 11.1. The number of rotatable bonds is 4. The van der Waals surface area contributed by atoms with Crippen molar-refractivity contribution in [2.24, 2.45) is 0 Å². The number of hydrogen-bond acceptors (Lipinski definition) is 6. The number of aromatic nitrogens is 1. The van der Waals surface area contributed by atoms with Gasteiger partial charge in [0.2, 0.25) is 0 Å². The summed E-state index contributed by atoms with van der Waals surface area (Å²) in [5, 5.41) is 2.76. The fraction of sp³-hybridized carbons (Fsp3) is 0.0588. The lowest BCUT2D eigenvalue weighted by molar-refractivity contribution is 0.102. The normalized spacial score (nSPS) is 13.2. The highest BCUT2D eigenvalue weighted by atomic mass is 32.2. The van der Waals surface area contributed by atoms with Gasteiger partial charge in [0.25, 0.3) is 5.91 Å². The summed E-state index contributed by atoms with van der Waals surface area (Å²) in [5.41, 5.74) is 8.21. The van der Waals surface area contributed by atoms with Gasteiger partial charge >= 0.3 is 0 Å². The number of benzene rings is 2. The van der Waals surface area contributed by atoms with Gasteiger partial charge < -0.3 is 11.1 Å². The monoisotopic (exact) mass is 390 g/mol. The molecule has 0 aliphatic rings. The van der Waals surface area contributed by atoms with E-state index in [1.807, 2.05) is 0 Å². The highest BCUT2D eigenvalue weighted by Gasteiger charge is 2.16. The van der Waals surface area contributed by atoms with Crippen molar-refractivity contribution in [3.05, 3.63) is 59.5 Å². The van der Waals surface area contributed by atoms with Gasteiger partial charge in [-0.3, -0.25) is 4.79 Å². The largest absolute Gasteiger partial charge is 0.397 e. The second kappa shape index (κ2) is 6.85. The Morgan fingerprint density at radius 1 is 1.23 bits per heavy atom. The molecule has 1 aromatic heterocycles. The fourth-order valence-corrected chi connectivity index (χ4v) is 3.88. The molecule has 4 N–H and O–H groups in total. The second-order valence-corrected chi connectivity index (χ2v) is 9.01. The lowest BCUT2D eigenvalue weighted by atomic mass is 10.0. The fourth-order valence-electron chi connectivity index (χ4n) is 2.21. The third kappa shape index (κ3) is 3.89. The molecule has 1 amide bonds. The van der Waals surface area contributed by atoms with E-state index in [0.29, 0.717) is 11.4 Å². The molecule has 0 radical (unpaired) electrons. The van der Waals surface area contributed by atoms with E-state index >= 15 is 0 Å². The van der Waals surface area contributed by atoms with Crippen LogP contribution in [0.4, 0.5) is 15.8 Å². The highest BCUT2D eigenvalue weighted by molar-refractivity contribution is 7.93. The first-order valence-corrected chi connectivity index (χ1v) is 10.2. The molecule has 0 fully saturated rings. The van der Waals surface area contributed by atoms with Gasteiger partial charge in [0.15, 0.2) is 5.01 Å². The van der Waals surface area contributed by atoms with Crippen LogP contribution in [-0.2, 0) is 9.73 Å². The van der Waals surface area contributed by atoms with Crippen molar-refractivity contribution < 1.29 is 13.4 Å². The maximum atomic E-state index is 13.1. The van der Waals surface area contributed by atoms with E-state index in [4.69, 9.17) is 10.5 Å². The number of halogens is 1. The van der Waals surface area contributed by atoms with Gasteiger partial charge in [0, 0.05) is 6.26 Å². The molecule has 0 saturated carbocycles. The van der Waals surface area contributed by atoms with Gasteiger partial charge in [-0.15, -0.1) is 0 Å². The summed E-state index contributed by atoms with van der Waals surface area (Å²) >= 11 is 0.907. The van der Waals surface area contributed by atoms with Crippen molar-refractivity contribution in [1.82, 2.24) is 4.98 Å². The van der Waals surface area contributed by atoms with Crippen molar-refractivity contribution in [3.8, 4) is 11.1 Å². The van der Waals surface area contributed by atoms with Crippen molar-refractivity contribution >= 4 is 38.3 Å². The van der Waals surface area contributed by atoms with Crippen LogP contribution in [0.1, 0.15) is 9.80 Å². The van der Waals surface area contributed by atoms with Gasteiger partial charge in [-0.1, -0.05) is 29.5 Å². The van der Waals surface area contributed by atoms with Gasteiger partial charge in [0.1, 0.15) is 10.0 Å². The summed E-state index contributed by atoms with van der Waals surface area (Å²) in [6.45, 7) is 0. The number of nitrogens with one attached hydrogen (secondary N) is 2. The van der Waals surface area contributed by atoms with Gasteiger partial charge in [-0.25, -0.2) is 18.4 Å². The number of thiazole rings is 1. The van der Waals surface area contributed by atoms with Crippen LogP contribution < -0.4 is 11.1 Å². The SMILES string of the molecule is CS(=N)(=O)c1cnc(C(=O)Nc2cc(-c3ccc(F)cc3)ccc2N)s1. The highest BCUT2D eigenvalue weighted by Crippen LogP contribution is 2.28. The molecule has 0 aliphatic heterocycles. The van der Waals surface area contributed by atoms with E-state index in [9.17, 15) is 13.4 Å². The first-order chi connectivity index (χ1) is 12.2. The van der Waals surface area contributed by atoms with Crippen molar-refractivity contribution in [2.75, 3.05) is 17.3 Å². The van der Waals surface area contributed by atoms with Crippen LogP contribution >= 0.6 is 11.3 Å². The molecule has 26 heavy (non-hydrogen) atoms. The molecule has 6 nitrogen and oxygen atoms in total. The number of carbonyl (C=O) groups is 1. The summed E-state index contributed by atoms with van der Waals surface area (Å²) in [6.07, 6.45) is 2.54. The molecular weight excluding hydrogens is 375 g/mol. The summed E-state index contributed by atoms with van der Waals surface area (Å²) < 4.78 is 32.6. The summed E-state index contributed by atoms with van der Waals surface area (Å²) in [5.74, 6) is -0.841. The van der Waals surface area contributed by atoms with Crippen molar-refractivity contribution in [1.29, 1.82) is 4.78 Å². The Kier molecular flexibility index (Phi) is 4.75. The Bertz CT molecular complexity index is 1080. The number of carbonyl (C=O) groups excluding carboxylic acids is 1. The first-order valence-electron chi connectivity index (χ1n) is 7.40. The molecule has 1 heterocycles. The molecular formula is C17H15FN4O2S2. The number of anilines is 2. The lowest BCUT2D eigenvalue weighted by Crippen LogP contribution is -2.12. The Balaban J connectivity index is 1.87. The Morgan fingerprint density at radius 2 is 1.88 bits per heavy atom. The molecule has 9 heteroatoms. The lowest BCUT2D eigenvalue weighted by Gasteiger charge is -2.10. The number of amides is 1. The van der Waals surface area contributed by atoms with E-state index in [2.05, 4.69) is 10.3 Å². The van der Waals surface area contributed by atoms with Crippen molar-refractivity contribution in [2.45, 2.75) is 4.21 Å². The molecule has 0 spiro atoms. The summed E-state index contributed by atoms with van der Waals surface area (Å²) in [7, 11) is -2.92. The summed E-state index contributed by atoms with van der Waals surface area (Å²) in [4.78, 5) is 16.3.